The molecule has 0 spiro atoms. The molecule has 3 fully saturated rings. The average molecular weight is 336 g/mol. The van der Waals surface area contributed by atoms with Crippen LogP contribution in [0.5, 0.6) is 0 Å². The Morgan fingerprint density at radius 1 is 1.21 bits per heavy atom. The summed E-state index contributed by atoms with van der Waals surface area (Å²) in [5, 5.41) is 30.0. The number of carbonyl (C=O) groups is 1. The maximum absolute atomic E-state index is 12.3. The molecule has 0 saturated heterocycles. The Morgan fingerprint density at radius 2 is 1.92 bits per heavy atom. The first kappa shape index (κ1) is 17.9. The third-order valence-electron chi connectivity index (χ3n) is 8.08. The number of aliphatic hydroxyl groups excluding tert-OH is 2. The molecular weight excluding hydrogens is 304 g/mol. The first-order valence-corrected chi connectivity index (χ1v) is 9.44. The van der Waals surface area contributed by atoms with Gasteiger partial charge in [0.15, 0.2) is 0 Å². The van der Waals surface area contributed by atoms with Gasteiger partial charge in [0.2, 0.25) is 0 Å². The predicted molar refractivity (Wildman–Crippen MR) is 92.4 cm³/mol. The zero-order chi connectivity index (χ0) is 17.7. The van der Waals surface area contributed by atoms with Crippen LogP contribution in [0.25, 0.3) is 0 Å². The second kappa shape index (κ2) is 6.14. The Labute approximate surface area is 145 Å². The molecule has 0 amide bonds. The number of carboxylic acids is 1. The van der Waals surface area contributed by atoms with E-state index in [0.29, 0.717) is 12.8 Å². The zero-order valence-electron chi connectivity index (χ0n) is 15.0. The molecule has 7 atom stereocenters. The summed E-state index contributed by atoms with van der Waals surface area (Å²) < 4.78 is 0. The maximum Gasteiger partial charge on any atom is 0.307 e. The van der Waals surface area contributed by atoms with E-state index in [1.165, 1.54) is 5.57 Å². The van der Waals surface area contributed by atoms with Gasteiger partial charge in [0.05, 0.1) is 12.0 Å². The van der Waals surface area contributed by atoms with Gasteiger partial charge in [-0.3, -0.25) is 4.79 Å². The molecule has 3 N–H and O–H groups in total. The lowest BCUT2D eigenvalue weighted by atomic mass is 9.49. The van der Waals surface area contributed by atoms with Crippen molar-refractivity contribution >= 4 is 5.97 Å². The van der Waals surface area contributed by atoms with Crippen molar-refractivity contribution in [1.82, 2.24) is 0 Å². The third kappa shape index (κ3) is 2.53. The normalized spacial score (nSPS) is 49.0. The molecule has 0 aromatic heterocycles. The van der Waals surface area contributed by atoms with Crippen LogP contribution in [0.3, 0.4) is 0 Å². The van der Waals surface area contributed by atoms with Crippen LogP contribution in [-0.2, 0) is 4.79 Å². The van der Waals surface area contributed by atoms with Crippen LogP contribution in [0.2, 0.25) is 0 Å². The quantitative estimate of drug-likeness (QED) is 0.692. The molecule has 0 bridgehead atoms. The zero-order valence-corrected chi connectivity index (χ0v) is 15.0. The summed E-state index contributed by atoms with van der Waals surface area (Å²) in [6.07, 6.45) is 5.49. The Hall–Kier alpha value is -0.870. The van der Waals surface area contributed by atoms with E-state index in [1.54, 1.807) is 0 Å². The Morgan fingerprint density at radius 3 is 2.54 bits per heavy atom. The lowest BCUT2D eigenvalue weighted by Gasteiger charge is -2.55. The van der Waals surface area contributed by atoms with Crippen LogP contribution in [0, 0.1) is 34.5 Å². The highest BCUT2D eigenvalue weighted by Crippen LogP contribution is 2.63. The molecule has 0 radical (unpaired) electrons. The fraction of sp³-hybridized carbons (Fsp3) is 0.850. The molecule has 0 aromatic carbocycles. The van der Waals surface area contributed by atoms with Crippen molar-refractivity contribution in [2.45, 2.75) is 64.9 Å². The summed E-state index contributed by atoms with van der Waals surface area (Å²) in [5.41, 5.74) is 0.973. The molecule has 3 saturated carbocycles. The van der Waals surface area contributed by atoms with E-state index in [-0.39, 0.29) is 47.2 Å². The molecule has 3 aliphatic carbocycles. The maximum atomic E-state index is 12.3. The summed E-state index contributed by atoms with van der Waals surface area (Å²) in [5.74, 6) is -0.832. The summed E-state index contributed by atoms with van der Waals surface area (Å²) in [6, 6.07) is 0. The van der Waals surface area contributed by atoms with Crippen LogP contribution in [-0.4, -0.2) is 34.0 Å². The first-order chi connectivity index (χ1) is 11.2. The Bertz CT molecular complexity index is 530. The van der Waals surface area contributed by atoms with Crippen molar-refractivity contribution in [3.63, 3.8) is 0 Å². The van der Waals surface area contributed by atoms with Gasteiger partial charge < -0.3 is 15.3 Å². The lowest BCUT2D eigenvalue weighted by molar-refractivity contribution is -0.160. The van der Waals surface area contributed by atoms with Crippen molar-refractivity contribution in [1.29, 1.82) is 0 Å². The van der Waals surface area contributed by atoms with Crippen LogP contribution < -0.4 is 0 Å². The van der Waals surface area contributed by atoms with Gasteiger partial charge in [-0.25, -0.2) is 0 Å². The van der Waals surface area contributed by atoms with Gasteiger partial charge in [-0.05, 0) is 73.5 Å². The molecular formula is C20H32O4. The Kier molecular flexibility index (Phi) is 4.59. The van der Waals surface area contributed by atoms with Gasteiger partial charge in [-0.1, -0.05) is 26.0 Å². The number of aliphatic hydroxyl groups is 2. The van der Waals surface area contributed by atoms with E-state index in [9.17, 15) is 20.1 Å². The number of carboxylic acid groups (broad SMARTS) is 1. The summed E-state index contributed by atoms with van der Waals surface area (Å²) in [7, 11) is 0. The molecule has 0 unspecified atom stereocenters. The van der Waals surface area contributed by atoms with E-state index in [1.807, 2.05) is 0 Å². The summed E-state index contributed by atoms with van der Waals surface area (Å²) in [4.78, 5) is 12.3. The monoisotopic (exact) mass is 336 g/mol. The first-order valence-electron chi connectivity index (χ1n) is 9.44. The Balaban J connectivity index is 1.95. The highest BCUT2D eigenvalue weighted by molar-refractivity contribution is 5.71. The molecule has 3 rings (SSSR count). The SMILES string of the molecule is C=C1CC[C@H]2[C@H](C(=O)O)[C@@H]([C@@]3(C)CC[C@H](O)C[C@@H]3CO)CC[C@]12C. The lowest BCUT2D eigenvalue weighted by Crippen LogP contribution is -2.53. The van der Waals surface area contributed by atoms with E-state index in [0.717, 1.165) is 32.1 Å². The van der Waals surface area contributed by atoms with Gasteiger partial charge in [-0.15, -0.1) is 0 Å². The van der Waals surface area contributed by atoms with Gasteiger partial charge in [0.25, 0.3) is 0 Å². The van der Waals surface area contributed by atoms with Crippen LogP contribution in [0.4, 0.5) is 0 Å². The topological polar surface area (TPSA) is 77.8 Å². The minimum atomic E-state index is -0.685. The molecule has 4 nitrogen and oxygen atoms in total. The number of rotatable bonds is 3. The molecule has 0 heterocycles. The molecule has 0 aromatic rings. The van der Waals surface area contributed by atoms with Crippen molar-refractivity contribution in [2.75, 3.05) is 6.61 Å². The van der Waals surface area contributed by atoms with E-state index >= 15 is 0 Å². The number of aliphatic carboxylic acids is 1. The highest BCUT2D eigenvalue weighted by Gasteiger charge is 2.58. The van der Waals surface area contributed by atoms with Gasteiger partial charge in [0, 0.05) is 6.61 Å². The van der Waals surface area contributed by atoms with Crippen LogP contribution >= 0.6 is 0 Å². The van der Waals surface area contributed by atoms with Crippen molar-refractivity contribution in [2.24, 2.45) is 34.5 Å². The number of fused-ring (bicyclic) bond motifs is 1. The summed E-state index contributed by atoms with van der Waals surface area (Å²) >= 11 is 0. The third-order valence-corrected chi connectivity index (χ3v) is 8.08. The fourth-order valence-electron chi connectivity index (χ4n) is 6.30. The number of hydrogen-bond acceptors (Lipinski definition) is 3. The van der Waals surface area contributed by atoms with E-state index < -0.39 is 5.97 Å². The van der Waals surface area contributed by atoms with Gasteiger partial charge in [0.1, 0.15) is 0 Å². The van der Waals surface area contributed by atoms with E-state index in [4.69, 9.17) is 0 Å². The minimum absolute atomic E-state index is 0.0120. The molecule has 3 aliphatic rings. The predicted octanol–water partition coefficient (Wildman–Crippen LogP) is 3.23. The highest BCUT2D eigenvalue weighted by atomic mass is 16.4. The largest absolute Gasteiger partial charge is 0.481 e. The van der Waals surface area contributed by atoms with Gasteiger partial charge >= 0.3 is 5.97 Å². The molecule has 24 heavy (non-hydrogen) atoms. The average Bonchev–Trinajstić information content (AvgIpc) is 2.84. The minimum Gasteiger partial charge on any atom is -0.481 e. The molecule has 0 aliphatic heterocycles. The van der Waals surface area contributed by atoms with Crippen molar-refractivity contribution in [3.05, 3.63) is 12.2 Å². The van der Waals surface area contributed by atoms with Gasteiger partial charge in [-0.2, -0.15) is 0 Å². The standard InChI is InChI=1S/C20H32O4/c1-12-4-5-15-17(18(23)24)16(7-9-19(12,15)2)20(3)8-6-14(22)10-13(20)11-21/h13-17,21-22H,1,4-11H2,2-3H3,(H,23,24)/t13-,14+,15+,16+,17+,19-,20+/m1/s1. The fourth-order valence-corrected chi connectivity index (χ4v) is 6.30. The number of hydrogen-bond donors (Lipinski definition) is 3. The molecule has 136 valence electrons. The van der Waals surface area contributed by atoms with E-state index in [2.05, 4.69) is 20.4 Å². The molecule has 4 heteroatoms. The van der Waals surface area contributed by atoms with Crippen LogP contribution in [0.15, 0.2) is 12.2 Å². The second-order valence-electron chi connectivity index (χ2n) is 8.99. The summed E-state index contributed by atoms with van der Waals surface area (Å²) in [6.45, 7) is 8.63. The van der Waals surface area contributed by atoms with Crippen LogP contribution in [0.1, 0.15) is 58.8 Å². The number of allylic oxidation sites excluding steroid dienone is 1. The smallest absolute Gasteiger partial charge is 0.307 e. The van der Waals surface area contributed by atoms with Crippen molar-refractivity contribution < 1.29 is 20.1 Å². The second-order valence-corrected chi connectivity index (χ2v) is 8.99. The van der Waals surface area contributed by atoms with Crippen molar-refractivity contribution in [3.8, 4) is 0 Å².